The van der Waals surface area contributed by atoms with Gasteiger partial charge in [-0.25, -0.2) is 4.79 Å². The first-order chi connectivity index (χ1) is 10.1. The molecule has 108 valence electrons. The van der Waals surface area contributed by atoms with E-state index in [1.165, 1.54) is 12.1 Å². The number of aromatic carboxylic acids is 1. The Balaban J connectivity index is 1.94. The molecular formula is C17H17NO3. The van der Waals surface area contributed by atoms with Crippen LogP contribution in [0.4, 0.5) is 5.69 Å². The van der Waals surface area contributed by atoms with E-state index in [0.717, 1.165) is 5.56 Å². The average molecular weight is 283 g/mol. The smallest absolute Gasteiger partial charge is 0.335 e. The zero-order chi connectivity index (χ0) is 15.2. The predicted octanol–water partition coefficient (Wildman–Crippen LogP) is 3.52. The van der Waals surface area contributed by atoms with Gasteiger partial charge in [0.1, 0.15) is 0 Å². The third-order valence-corrected chi connectivity index (χ3v) is 3.28. The van der Waals surface area contributed by atoms with Crippen molar-refractivity contribution >= 4 is 17.6 Å². The number of hydrogen-bond donors (Lipinski definition) is 2. The fourth-order valence-electron chi connectivity index (χ4n) is 2.09. The highest BCUT2D eigenvalue weighted by Gasteiger charge is 2.11. The molecule has 0 fully saturated rings. The summed E-state index contributed by atoms with van der Waals surface area (Å²) in [6.45, 7) is 2.00. The molecule has 0 aliphatic heterocycles. The molecule has 1 amide bonds. The lowest BCUT2D eigenvalue weighted by molar-refractivity contribution is -0.116. The van der Waals surface area contributed by atoms with Gasteiger partial charge in [-0.1, -0.05) is 37.3 Å². The van der Waals surface area contributed by atoms with E-state index in [0.29, 0.717) is 12.1 Å². The van der Waals surface area contributed by atoms with Crippen LogP contribution < -0.4 is 5.32 Å². The van der Waals surface area contributed by atoms with Gasteiger partial charge in [0.05, 0.1) is 5.56 Å². The third-order valence-electron chi connectivity index (χ3n) is 3.28. The number of benzene rings is 2. The minimum Gasteiger partial charge on any atom is -0.478 e. The van der Waals surface area contributed by atoms with Crippen LogP contribution in [0.1, 0.15) is 35.2 Å². The summed E-state index contributed by atoms with van der Waals surface area (Å²) in [5, 5.41) is 11.6. The van der Waals surface area contributed by atoms with Crippen LogP contribution in [0.15, 0.2) is 54.6 Å². The van der Waals surface area contributed by atoms with E-state index in [2.05, 4.69) is 5.32 Å². The minimum atomic E-state index is -0.981. The first-order valence-corrected chi connectivity index (χ1v) is 6.74. The molecule has 0 aromatic heterocycles. The molecule has 2 N–H and O–H groups in total. The van der Waals surface area contributed by atoms with E-state index >= 15 is 0 Å². The Kier molecular flexibility index (Phi) is 4.72. The molecule has 0 aliphatic rings. The first-order valence-electron chi connectivity index (χ1n) is 6.74. The summed E-state index contributed by atoms with van der Waals surface area (Å²) in [6.07, 6.45) is 0.380. The molecule has 2 aromatic rings. The van der Waals surface area contributed by atoms with Gasteiger partial charge in [-0.15, -0.1) is 0 Å². The molecule has 1 atom stereocenters. The molecule has 4 nitrogen and oxygen atoms in total. The lowest BCUT2D eigenvalue weighted by atomic mass is 9.97. The van der Waals surface area contributed by atoms with Crippen molar-refractivity contribution in [3.8, 4) is 0 Å². The second-order valence-electron chi connectivity index (χ2n) is 4.95. The van der Waals surface area contributed by atoms with Gasteiger partial charge >= 0.3 is 5.97 Å². The summed E-state index contributed by atoms with van der Waals surface area (Å²) in [7, 11) is 0. The van der Waals surface area contributed by atoms with Gasteiger partial charge in [0.2, 0.25) is 5.91 Å². The van der Waals surface area contributed by atoms with Gasteiger partial charge in [-0.3, -0.25) is 4.79 Å². The quantitative estimate of drug-likeness (QED) is 0.882. The van der Waals surface area contributed by atoms with E-state index in [9.17, 15) is 9.59 Å². The van der Waals surface area contributed by atoms with Gasteiger partial charge in [-0.05, 0) is 35.7 Å². The average Bonchev–Trinajstić information content (AvgIpc) is 2.48. The molecule has 0 aliphatic carbocycles. The number of carboxylic acid groups (broad SMARTS) is 1. The van der Waals surface area contributed by atoms with E-state index in [4.69, 9.17) is 5.11 Å². The number of carboxylic acids is 1. The van der Waals surface area contributed by atoms with Gasteiger partial charge in [0, 0.05) is 12.1 Å². The molecule has 0 saturated carbocycles. The molecule has 0 bridgehead atoms. The normalized spacial score (nSPS) is 11.7. The minimum absolute atomic E-state index is 0.0885. The standard InChI is InChI=1S/C17H17NO3/c1-12(13-5-3-2-4-6-13)11-16(19)18-15-9-7-14(8-10-15)17(20)21/h2-10,12H,11H2,1H3,(H,18,19)(H,20,21). The summed E-state index contributed by atoms with van der Waals surface area (Å²) in [6, 6.07) is 16.0. The molecule has 21 heavy (non-hydrogen) atoms. The number of hydrogen-bond acceptors (Lipinski definition) is 2. The number of carbonyl (C=O) groups excluding carboxylic acids is 1. The third kappa shape index (κ3) is 4.18. The molecule has 2 rings (SSSR count). The summed E-state index contributed by atoms with van der Waals surface area (Å²) in [5.41, 5.74) is 1.92. The topological polar surface area (TPSA) is 66.4 Å². The summed E-state index contributed by atoms with van der Waals surface area (Å²) >= 11 is 0. The van der Waals surface area contributed by atoms with E-state index in [-0.39, 0.29) is 17.4 Å². The van der Waals surface area contributed by atoms with Gasteiger partial charge in [0.15, 0.2) is 0 Å². The Labute approximate surface area is 123 Å². The molecule has 0 radical (unpaired) electrons. The van der Waals surface area contributed by atoms with Crippen molar-refractivity contribution in [1.29, 1.82) is 0 Å². The number of carbonyl (C=O) groups is 2. The van der Waals surface area contributed by atoms with Crippen LogP contribution in [-0.4, -0.2) is 17.0 Å². The summed E-state index contributed by atoms with van der Waals surface area (Å²) < 4.78 is 0. The van der Waals surface area contributed by atoms with Crippen molar-refractivity contribution in [3.63, 3.8) is 0 Å². The molecule has 0 spiro atoms. The highest BCUT2D eigenvalue weighted by molar-refractivity contribution is 5.92. The Bertz CT molecular complexity index is 620. The lowest BCUT2D eigenvalue weighted by Crippen LogP contribution is -2.14. The van der Waals surface area contributed by atoms with Crippen LogP contribution in [0.3, 0.4) is 0 Å². The van der Waals surface area contributed by atoms with Crippen molar-refractivity contribution in [1.82, 2.24) is 0 Å². The fourth-order valence-corrected chi connectivity index (χ4v) is 2.09. The number of anilines is 1. The van der Waals surface area contributed by atoms with Gasteiger partial charge < -0.3 is 10.4 Å². The van der Waals surface area contributed by atoms with Crippen molar-refractivity contribution < 1.29 is 14.7 Å². The molecule has 2 aromatic carbocycles. The van der Waals surface area contributed by atoms with E-state index < -0.39 is 5.97 Å². The van der Waals surface area contributed by atoms with Crippen molar-refractivity contribution in [3.05, 3.63) is 65.7 Å². The SMILES string of the molecule is CC(CC(=O)Nc1ccc(C(=O)O)cc1)c1ccccc1. The number of nitrogens with one attached hydrogen (secondary N) is 1. The van der Waals surface area contributed by atoms with Crippen LogP contribution >= 0.6 is 0 Å². The summed E-state index contributed by atoms with van der Waals surface area (Å²) in [5.74, 6) is -0.940. The molecule has 1 unspecified atom stereocenters. The maximum atomic E-state index is 12.0. The van der Waals surface area contributed by atoms with Crippen LogP contribution in [0, 0.1) is 0 Å². The summed E-state index contributed by atoms with van der Waals surface area (Å²) in [4.78, 5) is 22.7. The van der Waals surface area contributed by atoms with Crippen molar-refractivity contribution in [2.45, 2.75) is 19.3 Å². The Morgan fingerprint density at radius 2 is 1.67 bits per heavy atom. The van der Waals surface area contributed by atoms with Crippen LogP contribution in [0.5, 0.6) is 0 Å². The molecule has 4 heteroatoms. The highest BCUT2D eigenvalue weighted by Crippen LogP contribution is 2.19. The second-order valence-corrected chi connectivity index (χ2v) is 4.95. The first kappa shape index (κ1) is 14.8. The van der Waals surface area contributed by atoms with E-state index in [1.807, 2.05) is 37.3 Å². The van der Waals surface area contributed by atoms with Gasteiger partial charge in [0.25, 0.3) is 0 Å². The molecular weight excluding hydrogens is 266 g/mol. The largest absolute Gasteiger partial charge is 0.478 e. The van der Waals surface area contributed by atoms with Crippen molar-refractivity contribution in [2.24, 2.45) is 0 Å². The Morgan fingerprint density at radius 3 is 2.24 bits per heavy atom. The Morgan fingerprint density at radius 1 is 1.05 bits per heavy atom. The predicted molar refractivity (Wildman–Crippen MR) is 81.5 cm³/mol. The van der Waals surface area contributed by atoms with Crippen LogP contribution in [-0.2, 0) is 4.79 Å². The van der Waals surface area contributed by atoms with Gasteiger partial charge in [-0.2, -0.15) is 0 Å². The monoisotopic (exact) mass is 283 g/mol. The van der Waals surface area contributed by atoms with E-state index in [1.54, 1.807) is 12.1 Å². The fraction of sp³-hybridized carbons (Fsp3) is 0.176. The zero-order valence-electron chi connectivity index (χ0n) is 11.7. The lowest BCUT2D eigenvalue weighted by Gasteiger charge is -2.12. The molecule has 0 heterocycles. The highest BCUT2D eigenvalue weighted by atomic mass is 16.4. The van der Waals surface area contributed by atoms with Crippen LogP contribution in [0.2, 0.25) is 0 Å². The van der Waals surface area contributed by atoms with Crippen molar-refractivity contribution in [2.75, 3.05) is 5.32 Å². The maximum absolute atomic E-state index is 12.0. The number of rotatable bonds is 5. The maximum Gasteiger partial charge on any atom is 0.335 e. The number of amides is 1. The Hall–Kier alpha value is -2.62. The zero-order valence-corrected chi connectivity index (χ0v) is 11.7. The second kappa shape index (κ2) is 6.70. The molecule has 0 saturated heterocycles. The van der Waals surface area contributed by atoms with Crippen LogP contribution in [0.25, 0.3) is 0 Å².